The first-order chi connectivity index (χ1) is 9.51. The Bertz CT molecular complexity index is 654. The smallest absolute Gasteiger partial charge is 0.292 e. The van der Waals surface area contributed by atoms with Gasteiger partial charge >= 0.3 is 0 Å². The van der Waals surface area contributed by atoms with Crippen molar-refractivity contribution in [1.29, 1.82) is 0 Å². The number of hydrogen-bond acceptors (Lipinski definition) is 4. The van der Waals surface area contributed by atoms with Crippen LogP contribution in [0.4, 0.5) is 17.1 Å². The largest absolute Gasteiger partial charge is 0.350 e. The van der Waals surface area contributed by atoms with Crippen molar-refractivity contribution in [3.05, 3.63) is 63.2 Å². The molecule has 0 heterocycles. The second kappa shape index (κ2) is 5.71. The third-order valence-corrected chi connectivity index (χ3v) is 3.28. The Hall–Kier alpha value is -2.40. The standard InChI is InChI=1S/C15H17N3O2/c1-10-3-5-13(7-11(10)2)17-14-6-4-12(9-16)8-15(14)18(19)20/h3-8,17H,9,16H2,1-2H3. The average molecular weight is 271 g/mol. The van der Waals surface area contributed by atoms with E-state index in [0.717, 1.165) is 16.8 Å². The summed E-state index contributed by atoms with van der Waals surface area (Å²) in [5.74, 6) is 0. The van der Waals surface area contributed by atoms with Gasteiger partial charge in [-0.2, -0.15) is 0 Å². The van der Waals surface area contributed by atoms with Crippen LogP contribution in [0.2, 0.25) is 0 Å². The summed E-state index contributed by atoms with van der Waals surface area (Å²) in [5.41, 5.74) is 9.90. The lowest BCUT2D eigenvalue weighted by Crippen LogP contribution is -2.01. The van der Waals surface area contributed by atoms with Gasteiger partial charge in [-0.3, -0.25) is 10.1 Å². The van der Waals surface area contributed by atoms with Crippen LogP contribution in [0.15, 0.2) is 36.4 Å². The van der Waals surface area contributed by atoms with Crippen molar-refractivity contribution in [2.45, 2.75) is 20.4 Å². The van der Waals surface area contributed by atoms with Gasteiger partial charge in [0.05, 0.1) is 4.92 Å². The van der Waals surface area contributed by atoms with Crippen LogP contribution in [0.3, 0.4) is 0 Å². The minimum Gasteiger partial charge on any atom is -0.350 e. The Labute approximate surface area is 117 Å². The maximum absolute atomic E-state index is 11.1. The van der Waals surface area contributed by atoms with Crippen LogP contribution in [-0.4, -0.2) is 4.92 Å². The van der Waals surface area contributed by atoms with E-state index in [1.165, 1.54) is 11.6 Å². The zero-order chi connectivity index (χ0) is 14.7. The lowest BCUT2D eigenvalue weighted by atomic mass is 10.1. The number of benzene rings is 2. The maximum atomic E-state index is 11.1. The number of aryl methyl sites for hydroxylation is 2. The molecule has 2 rings (SSSR count). The van der Waals surface area contributed by atoms with Crippen LogP contribution in [0, 0.1) is 24.0 Å². The topological polar surface area (TPSA) is 81.2 Å². The number of rotatable bonds is 4. The van der Waals surface area contributed by atoms with E-state index in [0.29, 0.717) is 5.69 Å². The van der Waals surface area contributed by atoms with E-state index in [2.05, 4.69) is 5.32 Å². The first-order valence-corrected chi connectivity index (χ1v) is 6.33. The van der Waals surface area contributed by atoms with E-state index in [1.807, 2.05) is 32.0 Å². The molecule has 0 aliphatic carbocycles. The molecule has 0 bridgehead atoms. The molecular formula is C15H17N3O2. The van der Waals surface area contributed by atoms with E-state index < -0.39 is 4.92 Å². The number of anilines is 2. The van der Waals surface area contributed by atoms with Gasteiger partial charge in [0.2, 0.25) is 0 Å². The Balaban J connectivity index is 2.37. The molecule has 0 saturated heterocycles. The molecule has 0 amide bonds. The highest BCUT2D eigenvalue weighted by atomic mass is 16.6. The maximum Gasteiger partial charge on any atom is 0.292 e. The minimum absolute atomic E-state index is 0.0335. The second-order valence-corrected chi connectivity index (χ2v) is 4.74. The lowest BCUT2D eigenvalue weighted by molar-refractivity contribution is -0.384. The molecule has 3 N–H and O–H groups in total. The zero-order valence-electron chi connectivity index (χ0n) is 11.5. The highest BCUT2D eigenvalue weighted by Crippen LogP contribution is 2.29. The number of hydrogen-bond donors (Lipinski definition) is 2. The number of nitrogens with one attached hydrogen (secondary N) is 1. The SMILES string of the molecule is Cc1ccc(Nc2ccc(CN)cc2[N+](=O)[O-])cc1C. The molecule has 0 aromatic heterocycles. The van der Waals surface area contributed by atoms with Gasteiger partial charge in [0.25, 0.3) is 5.69 Å². The Kier molecular flexibility index (Phi) is 4.00. The van der Waals surface area contributed by atoms with E-state index >= 15 is 0 Å². The van der Waals surface area contributed by atoms with Crippen LogP contribution < -0.4 is 11.1 Å². The molecule has 0 atom stereocenters. The molecule has 5 heteroatoms. The van der Waals surface area contributed by atoms with E-state index in [-0.39, 0.29) is 12.2 Å². The van der Waals surface area contributed by atoms with Crippen LogP contribution >= 0.6 is 0 Å². The van der Waals surface area contributed by atoms with Gasteiger partial charge in [-0.25, -0.2) is 0 Å². The first kappa shape index (κ1) is 14.0. The summed E-state index contributed by atoms with van der Waals surface area (Å²) in [6.07, 6.45) is 0. The molecule has 20 heavy (non-hydrogen) atoms. The predicted octanol–water partition coefficient (Wildman–Crippen LogP) is 3.41. The van der Waals surface area contributed by atoms with Crippen LogP contribution in [0.25, 0.3) is 0 Å². The normalized spacial score (nSPS) is 10.3. The van der Waals surface area contributed by atoms with Gasteiger partial charge in [-0.05, 0) is 48.7 Å². The highest BCUT2D eigenvalue weighted by Gasteiger charge is 2.14. The molecule has 2 aromatic rings. The fourth-order valence-corrected chi connectivity index (χ4v) is 1.94. The minimum atomic E-state index is -0.400. The van der Waals surface area contributed by atoms with Crippen molar-refractivity contribution in [1.82, 2.24) is 0 Å². The molecule has 0 unspecified atom stereocenters. The molecule has 0 saturated carbocycles. The van der Waals surface area contributed by atoms with Crippen molar-refractivity contribution in [3.63, 3.8) is 0 Å². The second-order valence-electron chi connectivity index (χ2n) is 4.74. The molecule has 0 fully saturated rings. The quantitative estimate of drug-likeness (QED) is 0.659. The van der Waals surface area contributed by atoms with Crippen molar-refractivity contribution in [3.8, 4) is 0 Å². The summed E-state index contributed by atoms with van der Waals surface area (Å²) in [7, 11) is 0. The molecule has 0 spiro atoms. The molecule has 0 aliphatic rings. The molecule has 0 radical (unpaired) electrons. The van der Waals surface area contributed by atoms with Gasteiger partial charge in [-0.15, -0.1) is 0 Å². The number of nitro groups is 1. The molecule has 104 valence electrons. The summed E-state index contributed by atoms with van der Waals surface area (Å²) in [5, 5.41) is 14.2. The third kappa shape index (κ3) is 2.95. The van der Waals surface area contributed by atoms with Gasteiger partial charge in [0.15, 0.2) is 0 Å². The van der Waals surface area contributed by atoms with Gasteiger partial charge in [-0.1, -0.05) is 12.1 Å². The summed E-state index contributed by atoms with van der Waals surface area (Å²) >= 11 is 0. The monoisotopic (exact) mass is 271 g/mol. The predicted molar refractivity (Wildman–Crippen MR) is 80.2 cm³/mol. The van der Waals surface area contributed by atoms with Gasteiger partial charge in [0.1, 0.15) is 5.69 Å². The van der Waals surface area contributed by atoms with Gasteiger partial charge in [0, 0.05) is 18.3 Å². The molecule has 0 aliphatic heterocycles. The number of nitrogens with two attached hydrogens (primary N) is 1. The van der Waals surface area contributed by atoms with Crippen molar-refractivity contribution in [2.24, 2.45) is 5.73 Å². The van der Waals surface area contributed by atoms with Crippen molar-refractivity contribution in [2.75, 3.05) is 5.32 Å². The Morgan fingerprint density at radius 3 is 2.50 bits per heavy atom. The van der Waals surface area contributed by atoms with Crippen LogP contribution in [0.1, 0.15) is 16.7 Å². The van der Waals surface area contributed by atoms with Crippen LogP contribution in [0.5, 0.6) is 0 Å². The molecular weight excluding hydrogens is 254 g/mol. The summed E-state index contributed by atoms with van der Waals surface area (Å²) in [6.45, 7) is 4.31. The zero-order valence-corrected chi connectivity index (χ0v) is 11.5. The van der Waals surface area contributed by atoms with Crippen molar-refractivity contribution >= 4 is 17.1 Å². The summed E-state index contributed by atoms with van der Waals surface area (Å²) in [4.78, 5) is 10.7. The summed E-state index contributed by atoms with van der Waals surface area (Å²) < 4.78 is 0. The highest BCUT2D eigenvalue weighted by molar-refractivity contribution is 5.70. The first-order valence-electron chi connectivity index (χ1n) is 6.33. The third-order valence-electron chi connectivity index (χ3n) is 3.28. The fraction of sp³-hybridized carbons (Fsp3) is 0.200. The molecule has 2 aromatic carbocycles. The lowest BCUT2D eigenvalue weighted by Gasteiger charge is -2.10. The average Bonchev–Trinajstić information content (AvgIpc) is 2.43. The van der Waals surface area contributed by atoms with E-state index in [4.69, 9.17) is 5.73 Å². The van der Waals surface area contributed by atoms with Crippen molar-refractivity contribution < 1.29 is 4.92 Å². The molecule has 5 nitrogen and oxygen atoms in total. The Morgan fingerprint density at radius 2 is 1.90 bits per heavy atom. The summed E-state index contributed by atoms with van der Waals surface area (Å²) in [6, 6.07) is 10.8. The number of nitro benzene ring substituents is 1. The van der Waals surface area contributed by atoms with Crippen LogP contribution in [-0.2, 0) is 6.54 Å². The Morgan fingerprint density at radius 1 is 1.15 bits per heavy atom. The fourth-order valence-electron chi connectivity index (χ4n) is 1.94. The number of nitrogens with zero attached hydrogens (tertiary/aromatic N) is 1. The van der Waals surface area contributed by atoms with Gasteiger partial charge < -0.3 is 11.1 Å². The van der Waals surface area contributed by atoms with E-state index in [1.54, 1.807) is 12.1 Å². The van der Waals surface area contributed by atoms with E-state index in [9.17, 15) is 10.1 Å².